The van der Waals surface area contributed by atoms with Crippen molar-refractivity contribution in [3.8, 4) is 0 Å². The number of hydrogen-bond acceptors (Lipinski definition) is 2. The molecule has 2 heteroatoms. The minimum absolute atomic E-state index is 0.658. The van der Waals surface area contributed by atoms with Crippen molar-refractivity contribution in [2.24, 2.45) is 0 Å². The average molecular weight is 178 g/mol. The molecule has 1 atom stereocenters. The van der Waals surface area contributed by atoms with Crippen LogP contribution in [0.15, 0.2) is 23.8 Å². The van der Waals surface area contributed by atoms with Gasteiger partial charge in [0.15, 0.2) is 0 Å². The fourth-order valence-electron chi connectivity index (χ4n) is 2.00. The summed E-state index contributed by atoms with van der Waals surface area (Å²) in [5, 5.41) is 3.38. The normalized spacial score (nSPS) is 30.2. The molecule has 0 amide bonds. The van der Waals surface area contributed by atoms with Gasteiger partial charge in [-0.3, -0.25) is 4.90 Å². The van der Waals surface area contributed by atoms with Crippen LogP contribution in [0.5, 0.6) is 0 Å². The van der Waals surface area contributed by atoms with Gasteiger partial charge in [0.1, 0.15) is 0 Å². The van der Waals surface area contributed by atoms with Gasteiger partial charge in [-0.15, -0.1) is 0 Å². The van der Waals surface area contributed by atoms with Gasteiger partial charge in [-0.25, -0.2) is 0 Å². The van der Waals surface area contributed by atoms with Crippen LogP contribution in [0.2, 0.25) is 0 Å². The van der Waals surface area contributed by atoms with E-state index < -0.39 is 0 Å². The van der Waals surface area contributed by atoms with Crippen LogP contribution < -0.4 is 5.32 Å². The molecule has 1 heterocycles. The summed E-state index contributed by atoms with van der Waals surface area (Å²) in [6.45, 7) is 6.86. The molecule has 0 aromatic rings. The van der Waals surface area contributed by atoms with Crippen molar-refractivity contribution in [2.75, 3.05) is 26.2 Å². The molecule has 2 rings (SSSR count). The summed E-state index contributed by atoms with van der Waals surface area (Å²) in [5.74, 6) is 0. The first-order valence-corrected chi connectivity index (χ1v) is 5.16. The lowest BCUT2D eigenvalue weighted by Gasteiger charge is -2.33. The largest absolute Gasteiger partial charge is 0.314 e. The summed E-state index contributed by atoms with van der Waals surface area (Å²) in [6.07, 6.45) is 8.13. The molecule has 2 nitrogen and oxygen atoms in total. The zero-order chi connectivity index (χ0) is 9.10. The molecule has 13 heavy (non-hydrogen) atoms. The van der Waals surface area contributed by atoms with Gasteiger partial charge in [-0.05, 0) is 13.3 Å². The summed E-state index contributed by atoms with van der Waals surface area (Å²) >= 11 is 0. The topological polar surface area (TPSA) is 15.3 Å². The molecule has 0 radical (unpaired) electrons. The van der Waals surface area contributed by atoms with Crippen LogP contribution in [0.25, 0.3) is 0 Å². The quantitative estimate of drug-likeness (QED) is 0.648. The van der Waals surface area contributed by atoms with E-state index in [9.17, 15) is 0 Å². The Hall–Kier alpha value is -0.600. The van der Waals surface area contributed by atoms with Crippen molar-refractivity contribution in [1.29, 1.82) is 0 Å². The molecule has 0 aromatic heterocycles. The van der Waals surface area contributed by atoms with E-state index in [1.807, 2.05) is 0 Å². The Morgan fingerprint density at radius 3 is 2.77 bits per heavy atom. The number of rotatable bonds is 1. The molecule has 1 fully saturated rings. The second-order valence-corrected chi connectivity index (χ2v) is 3.90. The highest BCUT2D eigenvalue weighted by atomic mass is 15.2. The predicted molar refractivity (Wildman–Crippen MR) is 55.7 cm³/mol. The molecular formula is C11H18N2. The third-order valence-corrected chi connectivity index (χ3v) is 2.88. The minimum atomic E-state index is 0.658. The Labute approximate surface area is 80.3 Å². The maximum atomic E-state index is 3.38. The molecule has 0 bridgehead atoms. The number of nitrogens with zero attached hydrogens (tertiary/aromatic N) is 1. The van der Waals surface area contributed by atoms with Crippen molar-refractivity contribution in [1.82, 2.24) is 10.2 Å². The first-order chi connectivity index (χ1) is 6.36. The van der Waals surface area contributed by atoms with Gasteiger partial charge < -0.3 is 5.32 Å². The number of hydrogen-bond donors (Lipinski definition) is 1. The fourth-order valence-corrected chi connectivity index (χ4v) is 2.00. The Morgan fingerprint density at radius 2 is 2.15 bits per heavy atom. The lowest BCUT2D eigenvalue weighted by molar-refractivity contribution is 0.201. The maximum absolute atomic E-state index is 3.38. The Bertz CT molecular complexity index is 224. The molecule has 1 unspecified atom stereocenters. The van der Waals surface area contributed by atoms with Crippen molar-refractivity contribution in [3.63, 3.8) is 0 Å². The summed E-state index contributed by atoms with van der Waals surface area (Å²) in [6, 6.07) is 0.658. The average Bonchev–Trinajstić information content (AvgIpc) is 2.20. The maximum Gasteiger partial charge on any atom is 0.0317 e. The van der Waals surface area contributed by atoms with E-state index in [-0.39, 0.29) is 0 Å². The van der Waals surface area contributed by atoms with Crippen LogP contribution in [0.4, 0.5) is 0 Å². The van der Waals surface area contributed by atoms with Crippen molar-refractivity contribution < 1.29 is 0 Å². The van der Waals surface area contributed by atoms with Gasteiger partial charge in [0.25, 0.3) is 0 Å². The smallest absolute Gasteiger partial charge is 0.0317 e. The van der Waals surface area contributed by atoms with Crippen molar-refractivity contribution in [2.45, 2.75) is 19.4 Å². The van der Waals surface area contributed by atoms with Gasteiger partial charge >= 0.3 is 0 Å². The minimum Gasteiger partial charge on any atom is -0.314 e. The highest BCUT2D eigenvalue weighted by molar-refractivity contribution is 5.23. The van der Waals surface area contributed by atoms with Crippen LogP contribution in [-0.2, 0) is 0 Å². The SMILES string of the molecule is CC1=CCC(N2CCNCC2)C=C1. The van der Waals surface area contributed by atoms with E-state index in [4.69, 9.17) is 0 Å². The predicted octanol–water partition coefficient (Wildman–Crippen LogP) is 1.17. The van der Waals surface area contributed by atoms with Crippen LogP contribution >= 0.6 is 0 Å². The monoisotopic (exact) mass is 178 g/mol. The van der Waals surface area contributed by atoms with Gasteiger partial charge in [-0.2, -0.15) is 0 Å². The molecule has 72 valence electrons. The molecule has 2 aliphatic rings. The molecule has 1 N–H and O–H groups in total. The molecule has 0 spiro atoms. The van der Waals surface area contributed by atoms with Crippen LogP contribution in [-0.4, -0.2) is 37.1 Å². The second kappa shape index (κ2) is 4.07. The van der Waals surface area contributed by atoms with Gasteiger partial charge in [0, 0.05) is 32.2 Å². The van der Waals surface area contributed by atoms with Crippen molar-refractivity contribution in [3.05, 3.63) is 23.8 Å². The summed E-state index contributed by atoms with van der Waals surface area (Å²) in [7, 11) is 0. The van der Waals surface area contributed by atoms with Crippen LogP contribution in [0.1, 0.15) is 13.3 Å². The van der Waals surface area contributed by atoms with Gasteiger partial charge in [0.05, 0.1) is 0 Å². The molecule has 0 aromatic carbocycles. The highest BCUT2D eigenvalue weighted by Crippen LogP contribution is 2.15. The van der Waals surface area contributed by atoms with E-state index in [2.05, 4.69) is 35.4 Å². The summed E-state index contributed by atoms with van der Waals surface area (Å²) < 4.78 is 0. The first kappa shape index (κ1) is 8.97. The lowest BCUT2D eigenvalue weighted by Crippen LogP contribution is -2.47. The fraction of sp³-hybridized carbons (Fsp3) is 0.636. The van der Waals surface area contributed by atoms with Crippen molar-refractivity contribution >= 4 is 0 Å². The highest BCUT2D eigenvalue weighted by Gasteiger charge is 2.18. The van der Waals surface area contributed by atoms with E-state index >= 15 is 0 Å². The molecule has 1 saturated heterocycles. The molecule has 0 saturated carbocycles. The lowest BCUT2D eigenvalue weighted by atomic mass is 10.0. The standard InChI is InChI=1S/C11H18N2/c1-10-2-4-11(5-3-10)13-8-6-12-7-9-13/h2-4,11-12H,5-9H2,1H3. The molecule has 1 aliphatic heterocycles. The summed E-state index contributed by atoms with van der Waals surface area (Å²) in [5.41, 5.74) is 1.41. The van der Waals surface area contributed by atoms with Crippen LogP contribution in [0.3, 0.4) is 0 Å². The number of nitrogens with one attached hydrogen (secondary N) is 1. The summed E-state index contributed by atoms with van der Waals surface area (Å²) in [4.78, 5) is 2.57. The molecular weight excluding hydrogens is 160 g/mol. The van der Waals surface area contributed by atoms with E-state index in [0.29, 0.717) is 6.04 Å². The number of allylic oxidation sites excluding steroid dienone is 2. The Kier molecular flexibility index (Phi) is 2.81. The third kappa shape index (κ3) is 2.20. The number of piperazine rings is 1. The zero-order valence-electron chi connectivity index (χ0n) is 8.29. The third-order valence-electron chi connectivity index (χ3n) is 2.88. The first-order valence-electron chi connectivity index (χ1n) is 5.16. The van der Waals surface area contributed by atoms with E-state index in [1.54, 1.807) is 0 Å². The molecule has 1 aliphatic carbocycles. The zero-order valence-corrected chi connectivity index (χ0v) is 8.29. The van der Waals surface area contributed by atoms with E-state index in [1.165, 1.54) is 25.1 Å². The Morgan fingerprint density at radius 1 is 1.38 bits per heavy atom. The van der Waals surface area contributed by atoms with E-state index in [0.717, 1.165) is 13.1 Å². The second-order valence-electron chi connectivity index (χ2n) is 3.90. The van der Waals surface area contributed by atoms with Gasteiger partial charge in [-0.1, -0.05) is 23.8 Å². The Balaban J connectivity index is 1.91. The van der Waals surface area contributed by atoms with Crippen LogP contribution in [0, 0.1) is 0 Å². The van der Waals surface area contributed by atoms with Gasteiger partial charge in [0.2, 0.25) is 0 Å².